The number of imidazole rings is 1. The molecule has 1 aromatic heterocycles. The highest BCUT2D eigenvalue weighted by Gasteiger charge is 2.22. The number of fused-ring (bicyclic) bond motifs is 1. The van der Waals surface area contributed by atoms with Crippen molar-refractivity contribution >= 4 is 17.0 Å². The second-order valence-corrected chi connectivity index (χ2v) is 6.44. The number of piperidine rings is 1. The number of benzene rings is 2. The lowest BCUT2D eigenvalue weighted by Gasteiger charge is -2.31. The van der Waals surface area contributed by atoms with Gasteiger partial charge < -0.3 is 15.2 Å². The molecule has 1 saturated heterocycles. The second-order valence-electron chi connectivity index (χ2n) is 6.44. The average molecular weight is 354 g/mol. The predicted molar refractivity (Wildman–Crippen MR) is 106 cm³/mol. The first-order valence-electron chi connectivity index (χ1n) is 9.41. The van der Waals surface area contributed by atoms with Crippen molar-refractivity contribution in [2.24, 2.45) is 5.73 Å². The number of aromatic nitrogens is 2. The lowest BCUT2D eigenvalue weighted by atomic mass is 10.1. The Labute approximate surface area is 154 Å². The monoisotopic (exact) mass is 354 g/mol. The molecule has 2 heterocycles. The Morgan fingerprint density at radius 3 is 2.38 bits per heavy atom. The molecule has 1 fully saturated rings. The molecule has 4 rings (SSSR count). The summed E-state index contributed by atoms with van der Waals surface area (Å²) in [7, 11) is 0. The number of hydrogen-bond donors (Lipinski definition) is 1. The Kier molecular flexibility index (Phi) is 5.89. The maximum absolute atomic E-state index is 13.2. The molecular formula is C21H27FN4. The van der Waals surface area contributed by atoms with Crippen LogP contribution in [0.4, 0.5) is 10.3 Å². The van der Waals surface area contributed by atoms with Crippen LogP contribution >= 0.6 is 0 Å². The predicted octanol–water partition coefficient (Wildman–Crippen LogP) is 4.18. The van der Waals surface area contributed by atoms with Crippen LogP contribution in [0, 0.1) is 5.82 Å². The van der Waals surface area contributed by atoms with Crippen molar-refractivity contribution in [1.82, 2.24) is 9.55 Å². The van der Waals surface area contributed by atoms with Crippen LogP contribution in [0.5, 0.6) is 0 Å². The third kappa shape index (κ3) is 3.88. The summed E-state index contributed by atoms with van der Waals surface area (Å²) in [5.41, 5.74) is 9.19. The second kappa shape index (κ2) is 8.32. The summed E-state index contributed by atoms with van der Waals surface area (Å²) in [6.07, 6.45) is 1.97. The summed E-state index contributed by atoms with van der Waals surface area (Å²) in [5.74, 6) is 0.770. The van der Waals surface area contributed by atoms with Gasteiger partial charge in [-0.3, -0.25) is 0 Å². The Balaban J connectivity index is 0.000000948. The van der Waals surface area contributed by atoms with Gasteiger partial charge in [-0.15, -0.1) is 0 Å². The molecule has 2 N–H and O–H groups in total. The fourth-order valence-corrected chi connectivity index (χ4v) is 3.33. The van der Waals surface area contributed by atoms with E-state index in [1.54, 1.807) is 0 Å². The molecule has 26 heavy (non-hydrogen) atoms. The van der Waals surface area contributed by atoms with Gasteiger partial charge in [-0.25, -0.2) is 9.37 Å². The van der Waals surface area contributed by atoms with Gasteiger partial charge in [0.15, 0.2) is 0 Å². The third-order valence-corrected chi connectivity index (χ3v) is 4.71. The minimum Gasteiger partial charge on any atom is -0.342 e. The van der Waals surface area contributed by atoms with Gasteiger partial charge in [-0.1, -0.05) is 38.1 Å². The zero-order valence-corrected chi connectivity index (χ0v) is 15.5. The zero-order chi connectivity index (χ0) is 18.5. The van der Waals surface area contributed by atoms with Crippen molar-refractivity contribution in [1.29, 1.82) is 0 Å². The van der Waals surface area contributed by atoms with E-state index >= 15 is 0 Å². The molecule has 138 valence electrons. The largest absolute Gasteiger partial charge is 0.342 e. The highest BCUT2D eigenvalue weighted by Crippen LogP contribution is 2.26. The maximum atomic E-state index is 13.2. The SMILES string of the molecule is CC.NC1CCN(c2nc3ccccc3n2Cc2ccc(F)cc2)CC1. The van der Waals surface area contributed by atoms with Gasteiger partial charge in [0.05, 0.1) is 17.6 Å². The highest BCUT2D eigenvalue weighted by molar-refractivity contribution is 5.79. The Morgan fingerprint density at radius 1 is 1.04 bits per heavy atom. The van der Waals surface area contributed by atoms with Gasteiger partial charge >= 0.3 is 0 Å². The van der Waals surface area contributed by atoms with E-state index in [2.05, 4.69) is 15.5 Å². The Hall–Kier alpha value is -2.40. The van der Waals surface area contributed by atoms with Gasteiger partial charge in [-0.2, -0.15) is 0 Å². The molecular weight excluding hydrogens is 327 g/mol. The van der Waals surface area contributed by atoms with Crippen molar-refractivity contribution in [2.45, 2.75) is 39.3 Å². The Bertz CT molecular complexity index is 833. The van der Waals surface area contributed by atoms with Crippen LogP contribution < -0.4 is 10.6 Å². The van der Waals surface area contributed by atoms with Crippen LogP contribution in [0.1, 0.15) is 32.3 Å². The van der Waals surface area contributed by atoms with Crippen molar-refractivity contribution in [2.75, 3.05) is 18.0 Å². The first-order chi connectivity index (χ1) is 12.7. The summed E-state index contributed by atoms with van der Waals surface area (Å²) in [6.45, 7) is 6.53. The molecule has 0 spiro atoms. The van der Waals surface area contributed by atoms with Gasteiger partial charge in [0.25, 0.3) is 0 Å². The van der Waals surface area contributed by atoms with Crippen LogP contribution in [-0.2, 0) is 6.54 Å². The lowest BCUT2D eigenvalue weighted by molar-refractivity contribution is 0.491. The van der Waals surface area contributed by atoms with Crippen LogP contribution in [0.2, 0.25) is 0 Å². The minimum atomic E-state index is -0.209. The molecule has 0 unspecified atom stereocenters. The first kappa shape index (κ1) is 18.4. The normalized spacial score (nSPS) is 15.0. The van der Waals surface area contributed by atoms with E-state index in [4.69, 9.17) is 10.7 Å². The first-order valence-corrected chi connectivity index (χ1v) is 9.41. The zero-order valence-electron chi connectivity index (χ0n) is 15.5. The number of rotatable bonds is 3. The summed E-state index contributed by atoms with van der Waals surface area (Å²) >= 11 is 0. The number of para-hydroxylation sites is 2. The number of anilines is 1. The number of halogens is 1. The fraction of sp³-hybridized carbons (Fsp3) is 0.381. The van der Waals surface area contributed by atoms with Gasteiger partial charge in [0.1, 0.15) is 5.82 Å². The summed E-state index contributed by atoms with van der Waals surface area (Å²) in [5, 5.41) is 0. The van der Waals surface area contributed by atoms with Gasteiger partial charge in [-0.05, 0) is 42.7 Å². The smallest absolute Gasteiger partial charge is 0.206 e. The molecule has 0 radical (unpaired) electrons. The molecule has 0 saturated carbocycles. The fourth-order valence-electron chi connectivity index (χ4n) is 3.33. The van der Waals surface area contributed by atoms with Crippen LogP contribution in [0.3, 0.4) is 0 Å². The molecule has 0 atom stereocenters. The summed E-state index contributed by atoms with van der Waals surface area (Å²) in [6, 6.07) is 15.1. The van der Waals surface area contributed by atoms with E-state index in [1.165, 1.54) is 12.1 Å². The van der Waals surface area contributed by atoms with E-state index in [0.29, 0.717) is 6.54 Å². The topological polar surface area (TPSA) is 47.1 Å². The van der Waals surface area contributed by atoms with E-state index in [1.807, 2.05) is 44.2 Å². The molecule has 0 bridgehead atoms. The van der Waals surface area contributed by atoms with Crippen molar-refractivity contribution < 1.29 is 4.39 Å². The molecule has 1 aliphatic heterocycles. The summed E-state index contributed by atoms with van der Waals surface area (Å²) in [4.78, 5) is 7.16. The lowest BCUT2D eigenvalue weighted by Crippen LogP contribution is -2.40. The molecule has 0 aliphatic carbocycles. The number of nitrogens with two attached hydrogens (primary N) is 1. The van der Waals surface area contributed by atoms with Gasteiger partial charge in [0.2, 0.25) is 5.95 Å². The Morgan fingerprint density at radius 2 is 1.69 bits per heavy atom. The van der Waals surface area contributed by atoms with Crippen molar-refractivity contribution in [3.8, 4) is 0 Å². The molecule has 2 aromatic carbocycles. The molecule has 3 aromatic rings. The third-order valence-electron chi connectivity index (χ3n) is 4.71. The molecule has 5 heteroatoms. The molecule has 0 amide bonds. The average Bonchev–Trinajstić information content (AvgIpc) is 3.04. The molecule has 1 aliphatic rings. The number of hydrogen-bond acceptors (Lipinski definition) is 3. The van der Waals surface area contributed by atoms with Crippen LogP contribution in [-0.4, -0.2) is 28.7 Å². The standard InChI is InChI=1S/C19H21FN4.C2H6/c20-15-7-5-14(6-8-15)13-24-18-4-2-1-3-17(18)22-19(24)23-11-9-16(21)10-12-23;1-2/h1-8,16H,9-13,21H2;1-2H3. The van der Waals surface area contributed by atoms with Gasteiger partial charge in [0, 0.05) is 19.1 Å². The van der Waals surface area contributed by atoms with E-state index < -0.39 is 0 Å². The van der Waals surface area contributed by atoms with Crippen molar-refractivity contribution in [3.05, 3.63) is 59.9 Å². The maximum Gasteiger partial charge on any atom is 0.206 e. The number of nitrogens with zero attached hydrogens (tertiary/aromatic N) is 3. The van der Waals surface area contributed by atoms with Crippen LogP contribution in [0.15, 0.2) is 48.5 Å². The highest BCUT2D eigenvalue weighted by atomic mass is 19.1. The quantitative estimate of drug-likeness (QED) is 0.768. The van der Waals surface area contributed by atoms with Crippen molar-refractivity contribution in [3.63, 3.8) is 0 Å². The van der Waals surface area contributed by atoms with E-state index in [-0.39, 0.29) is 11.9 Å². The van der Waals surface area contributed by atoms with E-state index in [0.717, 1.165) is 48.5 Å². The minimum absolute atomic E-state index is 0.209. The summed E-state index contributed by atoms with van der Waals surface area (Å²) < 4.78 is 15.4. The van der Waals surface area contributed by atoms with E-state index in [9.17, 15) is 4.39 Å². The molecule has 4 nitrogen and oxygen atoms in total. The van der Waals surface area contributed by atoms with Crippen LogP contribution in [0.25, 0.3) is 11.0 Å².